The second-order valence-corrected chi connectivity index (χ2v) is 3.95. The molecule has 0 amide bonds. The van der Waals surface area contributed by atoms with Crippen LogP contribution in [0.25, 0.3) is 11.1 Å². The molecule has 1 saturated heterocycles. The highest BCUT2D eigenvalue weighted by Gasteiger charge is 2.21. The lowest BCUT2D eigenvalue weighted by molar-refractivity contribution is -0.0619. The quantitative estimate of drug-likeness (QED) is 0.798. The van der Waals surface area contributed by atoms with Gasteiger partial charge in [-0.05, 0) is 0 Å². The van der Waals surface area contributed by atoms with Crippen LogP contribution in [0.5, 0.6) is 0 Å². The molecule has 1 aliphatic rings. The maximum Gasteiger partial charge on any atom is 0.151 e. The van der Waals surface area contributed by atoms with Crippen molar-refractivity contribution < 1.29 is 14.3 Å². The van der Waals surface area contributed by atoms with E-state index >= 15 is 0 Å². The van der Waals surface area contributed by atoms with E-state index in [0.29, 0.717) is 13.2 Å². The molecule has 2 aromatic rings. The van der Waals surface area contributed by atoms with Crippen molar-refractivity contribution in [3.8, 4) is 0 Å². The number of hydrogen-bond donors (Lipinski definition) is 2. The van der Waals surface area contributed by atoms with Crippen LogP contribution in [0, 0.1) is 0 Å². The number of nitrogens with one attached hydrogen (secondary N) is 1. The number of furan rings is 1. The van der Waals surface area contributed by atoms with Gasteiger partial charge in [0.1, 0.15) is 6.23 Å². The van der Waals surface area contributed by atoms with Crippen LogP contribution in [0.3, 0.4) is 0 Å². The van der Waals surface area contributed by atoms with Crippen molar-refractivity contribution in [1.82, 2.24) is 9.88 Å². The van der Waals surface area contributed by atoms with Crippen LogP contribution in [0.2, 0.25) is 0 Å². The van der Waals surface area contributed by atoms with Crippen LogP contribution >= 0.6 is 0 Å². The van der Waals surface area contributed by atoms with Crippen molar-refractivity contribution in [1.29, 1.82) is 0 Å². The molecule has 5 heteroatoms. The number of aromatic amines is 1. The fraction of sp³-hybridized carbons (Fsp3) is 0.455. The highest BCUT2D eigenvalue weighted by molar-refractivity contribution is 5.74. The van der Waals surface area contributed by atoms with E-state index in [1.807, 2.05) is 17.0 Å². The highest BCUT2D eigenvalue weighted by atomic mass is 16.5. The second kappa shape index (κ2) is 3.93. The molecule has 16 heavy (non-hydrogen) atoms. The lowest BCUT2D eigenvalue weighted by Gasteiger charge is -2.30. The molecule has 2 aromatic heterocycles. The summed E-state index contributed by atoms with van der Waals surface area (Å²) < 4.78 is 10.5. The minimum absolute atomic E-state index is 0.605. The third-order valence-corrected chi connectivity index (χ3v) is 2.93. The number of hydrogen-bond acceptors (Lipinski definition) is 4. The van der Waals surface area contributed by atoms with Crippen LogP contribution in [0.4, 0.5) is 0 Å². The topological polar surface area (TPSA) is 61.6 Å². The van der Waals surface area contributed by atoms with Gasteiger partial charge < -0.3 is 19.2 Å². The van der Waals surface area contributed by atoms with Crippen molar-refractivity contribution in [2.45, 2.75) is 6.23 Å². The smallest absolute Gasteiger partial charge is 0.151 e. The monoisotopic (exact) mass is 222 g/mol. The predicted octanol–water partition coefficient (Wildman–Crippen LogP) is 1.08. The third kappa shape index (κ3) is 1.63. The molecule has 3 heterocycles. The van der Waals surface area contributed by atoms with Gasteiger partial charge in [0.25, 0.3) is 0 Å². The summed E-state index contributed by atoms with van der Waals surface area (Å²) in [5.41, 5.74) is 2.47. The molecule has 1 aliphatic heterocycles. The standard InChI is InChI=1S/C11H14N2O3/c14-11(13-2-5-15-6-3-13)9-7-10-8(12-9)1-4-16-10/h1,4,7,11-12,14H,2-3,5-6H2. The van der Waals surface area contributed by atoms with Gasteiger partial charge in [0.15, 0.2) is 5.58 Å². The molecule has 1 fully saturated rings. The SMILES string of the molecule is OC(c1cc2occc2[nH]1)N1CCOCC1. The van der Waals surface area contributed by atoms with Crippen molar-refractivity contribution in [3.63, 3.8) is 0 Å². The molecule has 0 saturated carbocycles. The Hall–Kier alpha value is -1.30. The van der Waals surface area contributed by atoms with Crippen molar-refractivity contribution in [2.75, 3.05) is 26.3 Å². The van der Waals surface area contributed by atoms with Gasteiger partial charge in [-0.25, -0.2) is 0 Å². The summed E-state index contributed by atoms with van der Waals surface area (Å²) in [6, 6.07) is 3.69. The normalized spacial score (nSPS) is 20.3. The maximum absolute atomic E-state index is 10.2. The van der Waals surface area contributed by atoms with E-state index in [1.165, 1.54) is 0 Å². The molecular weight excluding hydrogens is 208 g/mol. The van der Waals surface area contributed by atoms with Crippen molar-refractivity contribution >= 4 is 11.1 Å². The van der Waals surface area contributed by atoms with Gasteiger partial charge >= 0.3 is 0 Å². The average Bonchev–Trinajstić information content (AvgIpc) is 2.89. The van der Waals surface area contributed by atoms with Gasteiger partial charge in [0.05, 0.1) is 30.7 Å². The van der Waals surface area contributed by atoms with Gasteiger partial charge in [-0.15, -0.1) is 0 Å². The summed E-state index contributed by atoms with van der Waals surface area (Å²) in [7, 11) is 0. The molecule has 5 nitrogen and oxygen atoms in total. The van der Waals surface area contributed by atoms with Crippen molar-refractivity contribution in [2.24, 2.45) is 0 Å². The number of fused-ring (bicyclic) bond motifs is 1. The summed E-state index contributed by atoms with van der Waals surface area (Å²) >= 11 is 0. The number of aliphatic hydroxyl groups excluding tert-OH is 1. The molecule has 1 unspecified atom stereocenters. The number of rotatable bonds is 2. The zero-order valence-electron chi connectivity index (χ0n) is 8.85. The Kier molecular flexibility index (Phi) is 2.43. The molecule has 0 aliphatic carbocycles. The minimum Gasteiger partial charge on any atom is -0.463 e. The zero-order chi connectivity index (χ0) is 11.0. The molecule has 86 valence electrons. The fourth-order valence-corrected chi connectivity index (χ4v) is 2.03. The van der Waals surface area contributed by atoms with Gasteiger partial charge in [0, 0.05) is 25.2 Å². The molecule has 3 rings (SSSR count). The summed E-state index contributed by atoms with van der Waals surface area (Å²) in [4.78, 5) is 5.13. The third-order valence-electron chi connectivity index (χ3n) is 2.93. The van der Waals surface area contributed by atoms with Gasteiger partial charge in [0.2, 0.25) is 0 Å². The number of aliphatic hydroxyl groups is 1. The van der Waals surface area contributed by atoms with Crippen LogP contribution < -0.4 is 0 Å². The summed E-state index contributed by atoms with van der Waals surface area (Å²) in [5, 5.41) is 10.2. The van der Waals surface area contributed by atoms with Crippen LogP contribution in [-0.4, -0.2) is 41.3 Å². The Morgan fingerprint density at radius 3 is 2.94 bits per heavy atom. The first kappa shape index (κ1) is 9.89. The lowest BCUT2D eigenvalue weighted by atomic mass is 10.3. The predicted molar refractivity (Wildman–Crippen MR) is 57.9 cm³/mol. The zero-order valence-corrected chi connectivity index (χ0v) is 8.85. The number of aromatic nitrogens is 1. The van der Waals surface area contributed by atoms with E-state index in [9.17, 15) is 5.11 Å². The number of ether oxygens (including phenoxy) is 1. The van der Waals surface area contributed by atoms with Gasteiger partial charge in [-0.2, -0.15) is 0 Å². The summed E-state index contributed by atoms with van der Waals surface area (Å²) in [6.45, 7) is 2.85. The van der Waals surface area contributed by atoms with Crippen LogP contribution in [0.1, 0.15) is 11.9 Å². The van der Waals surface area contributed by atoms with E-state index in [-0.39, 0.29) is 0 Å². The van der Waals surface area contributed by atoms with Gasteiger partial charge in [-0.1, -0.05) is 0 Å². The van der Waals surface area contributed by atoms with E-state index in [1.54, 1.807) is 6.26 Å². The number of H-pyrrole nitrogens is 1. The fourth-order valence-electron chi connectivity index (χ4n) is 2.03. The first-order valence-electron chi connectivity index (χ1n) is 5.40. The molecule has 2 N–H and O–H groups in total. The lowest BCUT2D eigenvalue weighted by Crippen LogP contribution is -2.39. The van der Waals surface area contributed by atoms with E-state index in [2.05, 4.69) is 4.98 Å². The molecule has 0 bridgehead atoms. The molecule has 0 spiro atoms. The minimum atomic E-state index is -0.605. The Balaban J connectivity index is 1.83. The van der Waals surface area contributed by atoms with E-state index < -0.39 is 6.23 Å². The Bertz CT molecular complexity index is 442. The number of nitrogens with zero attached hydrogens (tertiary/aromatic N) is 1. The molecule has 0 aromatic carbocycles. The Morgan fingerprint density at radius 2 is 2.19 bits per heavy atom. The van der Waals surface area contributed by atoms with Crippen molar-refractivity contribution in [3.05, 3.63) is 24.1 Å². The van der Waals surface area contributed by atoms with Crippen LogP contribution in [0.15, 0.2) is 22.8 Å². The van der Waals surface area contributed by atoms with Crippen LogP contribution in [-0.2, 0) is 4.74 Å². The van der Waals surface area contributed by atoms with Gasteiger partial charge in [-0.3, -0.25) is 4.90 Å². The van der Waals surface area contributed by atoms with E-state index in [0.717, 1.165) is 29.9 Å². The Labute approximate surface area is 92.6 Å². The highest BCUT2D eigenvalue weighted by Crippen LogP contribution is 2.23. The average molecular weight is 222 g/mol. The Morgan fingerprint density at radius 1 is 1.38 bits per heavy atom. The first-order chi connectivity index (χ1) is 7.84. The maximum atomic E-state index is 10.2. The first-order valence-corrected chi connectivity index (χ1v) is 5.40. The largest absolute Gasteiger partial charge is 0.463 e. The summed E-state index contributed by atoms with van der Waals surface area (Å²) in [5.74, 6) is 0. The molecule has 0 radical (unpaired) electrons. The molecular formula is C11H14N2O3. The summed E-state index contributed by atoms with van der Waals surface area (Å²) in [6.07, 6.45) is 1.03. The molecule has 1 atom stereocenters. The second-order valence-electron chi connectivity index (χ2n) is 3.95. The van der Waals surface area contributed by atoms with E-state index in [4.69, 9.17) is 9.15 Å². The number of morpholine rings is 1.